The Balaban J connectivity index is 1.37. The van der Waals surface area contributed by atoms with Crippen LogP contribution >= 0.6 is 11.3 Å². The molecule has 0 atom stereocenters. The van der Waals surface area contributed by atoms with E-state index in [1.165, 1.54) is 17.7 Å². The minimum atomic E-state index is 0.00707. The van der Waals surface area contributed by atoms with Crippen molar-refractivity contribution in [3.05, 3.63) is 63.9 Å². The topological polar surface area (TPSA) is 50.2 Å². The van der Waals surface area contributed by atoms with Gasteiger partial charge in [0.15, 0.2) is 5.13 Å². The van der Waals surface area contributed by atoms with Crippen LogP contribution < -0.4 is 10.2 Å². The summed E-state index contributed by atoms with van der Waals surface area (Å²) in [4.78, 5) is 19.3. The first-order chi connectivity index (χ1) is 13.5. The monoisotopic (exact) mass is 394 g/mol. The van der Waals surface area contributed by atoms with E-state index in [9.17, 15) is 4.79 Å². The molecule has 1 aromatic carbocycles. The molecule has 0 unspecified atom stereocenters. The summed E-state index contributed by atoms with van der Waals surface area (Å²) in [7, 11) is 2.14. The minimum absolute atomic E-state index is 0.00707. The molecule has 1 aliphatic rings. The van der Waals surface area contributed by atoms with Gasteiger partial charge in [0, 0.05) is 42.6 Å². The SMILES string of the molecule is Cc1ccc(C)n1-c1nc(CC(=O)NCc2ccc3c(c2)CCCN3C)cs1. The first kappa shape index (κ1) is 18.7. The fourth-order valence-electron chi connectivity index (χ4n) is 3.83. The predicted molar refractivity (Wildman–Crippen MR) is 114 cm³/mol. The molecule has 0 bridgehead atoms. The third-order valence-corrected chi connectivity index (χ3v) is 6.20. The van der Waals surface area contributed by atoms with Crippen molar-refractivity contribution in [3.63, 3.8) is 0 Å². The molecule has 0 saturated carbocycles. The van der Waals surface area contributed by atoms with Crippen molar-refractivity contribution < 1.29 is 4.79 Å². The molecule has 1 amide bonds. The number of anilines is 1. The Bertz CT molecular complexity index is 984. The normalized spacial score (nSPS) is 13.5. The van der Waals surface area contributed by atoms with Gasteiger partial charge in [-0.15, -0.1) is 11.3 Å². The van der Waals surface area contributed by atoms with E-state index in [4.69, 9.17) is 0 Å². The zero-order chi connectivity index (χ0) is 19.7. The molecule has 0 saturated heterocycles. The molecule has 146 valence electrons. The summed E-state index contributed by atoms with van der Waals surface area (Å²) in [5.41, 5.74) is 6.97. The number of carbonyl (C=O) groups is 1. The highest BCUT2D eigenvalue weighted by molar-refractivity contribution is 7.12. The van der Waals surface area contributed by atoms with Crippen LogP contribution in [0.4, 0.5) is 5.69 Å². The van der Waals surface area contributed by atoms with Gasteiger partial charge in [0.2, 0.25) is 5.91 Å². The highest BCUT2D eigenvalue weighted by Crippen LogP contribution is 2.26. The molecule has 28 heavy (non-hydrogen) atoms. The Morgan fingerprint density at radius 2 is 2.00 bits per heavy atom. The van der Waals surface area contributed by atoms with Crippen LogP contribution in [-0.2, 0) is 24.2 Å². The lowest BCUT2D eigenvalue weighted by atomic mass is 9.99. The molecule has 5 nitrogen and oxygen atoms in total. The Hall–Kier alpha value is -2.60. The Morgan fingerprint density at radius 3 is 2.79 bits per heavy atom. The molecule has 3 aromatic rings. The van der Waals surface area contributed by atoms with Crippen molar-refractivity contribution in [1.29, 1.82) is 0 Å². The average Bonchev–Trinajstić information content (AvgIpc) is 3.26. The van der Waals surface area contributed by atoms with E-state index in [1.54, 1.807) is 11.3 Å². The highest BCUT2D eigenvalue weighted by Gasteiger charge is 2.14. The Labute approximate surface area is 170 Å². The van der Waals surface area contributed by atoms with E-state index in [0.717, 1.165) is 40.7 Å². The molecule has 0 aliphatic carbocycles. The number of nitrogens with zero attached hydrogens (tertiary/aromatic N) is 3. The number of aryl methyl sites for hydroxylation is 3. The lowest BCUT2D eigenvalue weighted by Gasteiger charge is -2.27. The molecular weight excluding hydrogens is 368 g/mol. The number of amides is 1. The third-order valence-electron chi connectivity index (χ3n) is 5.33. The maximum Gasteiger partial charge on any atom is 0.226 e. The first-order valence-corrected chi connectivity index (χ1v) is 10.6. The average molecular weight is 395 g/mol. The molecule has 3 heterocycles. The van der Waals surface area contributed by atoms with Crippen LogP contribution in [0.1, 0.15) is 34.6 Å². The van der Waals surface area contributed by atoms with Crippen LogP contribution in [-0.4, -0.2) is 29.1 Å². The van der Waals surface area contributed by atoms with Gasteiger partial charge in [-0.2, -0.15) is 0 Å². The second kappa shape index (κ2) is 7.80. The maximum absolute atomic E-state index is 12.4. The second-order valence-corrected chi connectivity index (χ2v) is 8.35. The fourth-order valence-corrected chi connectivity index (χ4v) is 4.77. The summed E-state index contributed by atoms with van der Waals surface area (Å²) in [5.74, 6) is 0.00707. The number of thiazole rings is 1. The van der Waals surface area contributed by atoms with Crippen molar-refractivity contribution in [2.75, 3.05) is 18.5 Å². The van der Waals surface area contributed by atoms with Crippen LogP contribution in [0, 0.1) is 13.8 Å². The number of aromatic nitrogens is 2. The number of benzene rings is 1. The molecule has 0 radical (unpaired) electrons. The lowest BCUT2D eigenvalue weighted by molar-refractivity contribution is -0.120. The van der Waals surface area contributed by atoms with Crippen molar-refractivity contribution >= 4 is 22.9 Å². The Kier molecular flexibility index (Phi) is 5.22. The maximum atomic E-state index is 12.4. The van der Waals surface area contributed by atoms with Crippen LogP contribution in [0.25, 0.3) is 5.13 Å². The van der Waals surface area contributed by atoms with Crippen molar-refractivity contribution in [2.24, 2.45) is 0 Å². The number of hydrogen-bond acceptors (Lipinski definition) is 4. The molecule has 0 fully saturated rings. The largest absolute Gasteiger partial charge is 0.374 e. The summed E-state index contributed by atoms with van der Waals surface area (Å²) >= 11 is 1.57. The summed E-state index contributed by atoms with van der Waals surface area (Å²) in [6.07, 6.45) is 2.61. The molecule has 1 N–H and O–H groups in total. The van der Waals surface area contributed by atoms with Crippen molar-refractivity contribution in [1.82, 2.24) is 14.9 Å². The van der Waals surface area contributed by atoms with Gasteiger partial charge in [-0.05, 0) is 56.0 Å². The van der Waals surface area contributed by atoms with Crippen LogP contribution in [0.3, 0.4) is 0 Å². The number of hydrogen-bond donors (Lipinski definition) is 1. The van der Waals surface area contributed by atoms with Crippen molar-refractivity contribution in [3.8, 4) is 5.13 Å². The van der Waals surface area contributed by atoms with Gasteiger partial charge in [0.05, 0.1) is 12.1 Å². The highest BCUT2D eigenvalue weighted by atomic mass is 32.1. The van der Waals surface area contributed by atoms with Crippen molar-refractivity contribution in [2.45, 2.75) is 39.7 Å². The van der Waals surface area contributed by atoms with Crippen LogP contribution in [0.15, 0.2) is 35.7 Å². The van der Waals surface area contributed by atoms with E-state index in [0.29, 0.717) is 13.0 Å². The summed E-state index contributed by atoms with van der Waals surface area (Å²) in [5, 5.41) is 5.93. The Morgan fingerprint density at radius 1 is 1.21 bits per heavy atom. The molecular formula is C22H26N4OS. The summed E-state index contributed by atoms with van der Waals surface area (Å²) < 4.78 is 2.12. The quantitative estimate of drug-likeness (QED) is 0.716. The van der Waals surface area contributed by atoms with E-state index in [1.807, 2.05) is 5.38 Å². The summed E-state index contributed by atoms with van der Waals surface area (Å²) in [6, 6.07) is 10.7. The van der Waals surface area contributed by atoms with Gasteiger partial charge < -0.3 is 10.2 Å². The molecule has 2 aromatic heterocycles. The minimum Gasteiger partial charge on any atom is -0.374 e. The van der Waals surface area contributed by atoms with Gasteiger partial charge in [-0.1, -0.05) is 12.1 Å². The standard InChI is InChI=1S/C22H26N4OS/c1-15-6-7-16(2)26(15)22-24-19(14-28-22)12-21(27)23-13-17-8-9-20-18(11-17)5-4-10-25(20)3/h6-9,11,14H,4-5,10,12-13H2,1-3H3,(H,23,27). The zero-order valence-electron chi connectivity index (χ0n) is 16.7. The first-order valence-electron chi connectivity index (χ1n) is 9.70. The van der Waals surface area contributed by atoms with Gasteiger partial charge in [-0.25, -0.2) is 4.98 Å². The second-order valence-electron chi connectivity index (χ2n) is 7.51. The van der Waals surface area contributed by atoms with Gasteiger partial charge >= 0.3 is 0 Å². The number of rotatable bonds is 5. The molecule has 4 rings (SSSR count). The van der Waals surface area contributed by atoms with Gasteiger partial charge in [-0.3, -0.25) is 9.36 Å². The predicted octanol–water partition coefficient (Wildman–Crippen LogP) is 3.79. The summed E-state index contributed by atoms with van der Waals surface area (Å²) in [6.45, 7) is 5.80. The molecule has 0 spiro atoms. The number of carbonyl (C=O) groups excluding carboxylic acids is 1. The molecule has 1 aliphatic heterocycles. The smallest absolute Gasteiger partial charge is 0.226 e. The van der Waals surface area contributed by atoms with E-state index < -0.39 is 0 Å². The van der Waals surface area contributed by atoms with E-state index in [2.05, 4.69) is 71.0 Å². The van der Waals surface area contributed by atoms with E-state index >= 15 is 0 Å². The van der Waals surface area contributed by atoms with Crippen LogP contribution in [0.2, 0.25) is 0 Å². The van der Waals surface area contributed by atoms with E-state index in [-0.39, 0.29) is 5.91 Å². The molecule has 6 heteroatoms. The number of nitrogens with one attached hydrogen (secondary N) is 1. The lowest BCUT2D eigenvalue weighted by Crippen LogP contribution is -2.26. The van der Waals surface area contributed by atoms with Crippen LogP contribution in [0.5, 0.6) is 0 Å². The third kappa shape index (κ3) is 3.83. The fraction of sp³-hybridized carbons (Fsp3) is 0.364. The van der Waals surface area contributed by atoms with Gasteiger partial charge in [0.1, 0.15) is 0 Å². The zero-order valence-corrected chi connectivity index (χ0v) is 17.5. The van der Waals surface area contributed by atoms with Gasteiger partial charge in [0.25, 0.3) is 0 Å². The number of fused-ring (bicyclic) bond motifs is 1.